The lowest BCUT2D eigenvalue weighted by molar-refractivity contribution is 0.175. The molecule has 0 spiro atoms. The highest BCUT2D eigenvalue weighted by Crippen LogP contribution is 2.41. The molecule has 0 radical (unpaired) electrons. The van der Waals surface area contributed by atoms with Crippen LogP contribution in [0.15, 0.2) is 0 Å². The highest BCUT2D eigenvalue weighted by Gasteiger charge is 2.27. The van der Waals surface area contributed by atoms with Crippen LogP contribution in [0, 0.1) is 5.41 Å². The molecule has 0 rings (SSSR count). The molecule has 0 N–H and O–H groups in total. The summed E-state index contributed by atoms with van der Waals surface area (Å²) >= 11 is 3.52. The van der Waals surface area contributed by atoms with Gasteiger partial charge in [0.05, 0.1) is 0 Å². The molecule has 0 unspecified atom stereocenters. The van der Waals surface area contributed by atoms with Gasteiger partial charge in [-0.1, -0.05) is 127 Å². The third kappa shape index (κ3) is 15.3. The Morgan fingerprint density at radius 1 is 0.440 bits per heavy atom. The Hall–Kier alpha value is 0.480. The van der Waals surface area contributed by atoms with Gasteiger partial charge >= 0.3 is 0 Å². The van der Waals surface area contributed by atoms with Crippen LogP contribution >= 0.6 is 15.9 Å². The summed E-state index contributed by atoms with van der Waals surface area (Å²) in [6, 6.07) is 0. The molecule has 0 atom stereocenters. The highest BCUT2D eigenvalue weighted by molar-refractivity contribution is 9.09. The first-order valence-corrected chi connectivity index (χ1v) is 12.9. The summed E-state index contributed by atoms with van der Waals surface area (Å²) in [7, 11) is 0. The van der Waals surface area contributed by atoms with Crippen molar-refractivity contribution in [2.24, 2.45) is 5.41 Å². The van der Waals surface area contributed by atoms with E-state index in [2.05, 4.69) is 36.7 Å². The highest BCUT2D eigenvalue weighted by atomic mass is 79.9. The van der Waals surface area contributed by atoms with Crippen molar-refractivity contribution >= 4 is 15.9 Å². The fraction of sp³-hybridized carbons (Fsp3) is 1.00. The van der Waals surface area contributed by atoms with Crippen LogP contribution in [0.4, 0.5) is 0 Å². The smallest absolute Gasteiger partial charge is 0.00313 e. The SMILES string of the molecule is CCCCC(CCCC)(CCCC)CCCCCCCCCCCBr. The molecule has 0 aromatic heterocycles. The molecule has 0 aromatic carbocycles. The summed E-state index contributed by atoms with van der Waals surface area (Å²) in [5, 5.41) is 1.18. The fourth-order valence-corrected chi connectivity index (χ4v) is 4.63. The zero-order valence-corrected chi connectivity index (χ0v) is 19.6. The fourth-order valence-electron chi connectivity index (χ4n) is 4.24. The maximum absolute atomic E-state index is 3.52. The molecule has 152 valence electrons. The van der Waals surface area contributed by atoms with E-state index in [0.717, 1.165) is 0 Å². The Morgan fingerprint density at radius 2 is 0.760 bits per heavy atom. The second-order valence-corrected chi connectivity index (χ2v) is 9.22. The third-order valence-corrected chi connectivity index (χ3v) is 6.58. The van der Waals surface area contributed by atoms with Crippen molar-refractivity contribution < 1.29 is 0 Å². The normalized spacial score (nSPS) is 12.0. The summed E-state index contributed by atoms with van der Waals surface area (Å²) < 4.78 is 0. The average Bonchev–Trinajstić information content (AvgIpc) is 2.64. The average molecular weight is 418 g/mol. The second kappa shape index (κ2) is 19.2. The van der Waals surface area contributed by atoms with Crippen LogP contribution in [0.25, 0.3) is 0 Å². The lowest BCUT2D eigenvalue weighted by Gasteiger charge is -2.35. The summed E-state index contributed by atoms with van der Waals surface area (Å²) in [6.07, 6.45) is 27.5. The summed E-state index contributed by atoms with van der Waals surface area (Å²) in [6.45, 7) is 7.09. The van der Waals surface area contributed by atoms with E-state index >= 15 is 0 Å². The van der Waals surface area contributed by atoms with Gasteiger partial charge in [0.25, 0.3) is 0 Å². The van der Waals surface area contributed by atoms with Gasteiger partial charge in [-0.05, 0) is 37.5 Å². The Morgan fingerprint density at radius 3 is 1.12 bits per heavy atom. The topological polar surface area (TPSA) is 0 Å². The number of halogens is 1. The van der Waals surface area contributed by atoms with Crippen molar-refractivity contribution in [2.45, 2.75) is 143 Å². The van der Waals surface area contributed by atoms with E-state index in [1.165, 1.54) is 127 Å². The van der Waals surface area contributed by atoms with Gasteiger partial charge in [-0.25, -0.2) is 0 Å². The van der Waals surface area contributed by atoms with Crippen molar-refractivity contribution in [3.8, 4) is 0 Å². The predicted octanol–water partition coefficient (Wildman–Crippen LogP) is 9.84. The van der Waals surface area contributed by atoms with E-state index < -0.39 is 0 Å². The number of rotatable bonds is 20. The largest absolute Gasteiger partial charge is 0.0928 e. The summed E-state index contributed by atoms with van der Waals surface area (Å²) in [5.74, 6) is 0. The van der Waals surface area contributed by atoms with Crippen LogP contribution in [0.1, 0.15) is 143 Å². The summed E-state index contributed by atoms with van der Waals surface area (Å²) in [5.41, 5.74) is 0.692. The maximum Gasteiger partial charge on any atom is 0.00313 e. The minimum Gasteiger partial charge on any atom is -0.0928 e. The quantitative estimate of drug-likeness (QED) is 0.137. The molecular formula is C24H49Br. The first-order valence-electron chi connectivity index (χ1n) is 11.8. The Bertz CT molecular complexity index is 227. The zero-order chi connectivity index (χ0) is 18.6. The van der Waals surface area contributed by atoms with Gasteiger partial charge in [0.15, 0.2) is 0 Å². The Kier molecular flexibility index (Phi) is 19.6. The van der Waals surface area contributed by atoms with Crippen LogP contribution in [0.2, 0.25) is 0 Å². The molecule has 0 amide bonds. The lowest BCUT2D eigenvalue weighted by atomic mass is 9.71. The molecule has 0 nitrogen and oxygen atoms in total. The second-order valence-electron chi connectivity index (χ2n) is 8.43. The standard InChI is InChI=1S/C24H49Br/c1-4-7-19-24(20-8-5-2,21-9-6-3)22-17-15-13-11-10-12-14-16-18-23-25/h4-23H2,1-3H3. The van der Waals surface area contributed by atoms with Gasteiger partial charge < -0.3 is 0 Å². The molecule has 0 aromatic rings. The Balaban J connectivity index is 4.01. The van der Waals surface area contributed by atoms with Crippen LogP contribution in [-0.2, 0) is 0 Å². The van der Waals surface area contributed by atoms with Gasteiger partial charge in [0.1, 0.15) is 0 Å². The van der Waals surface area contributed by atoms with E-state index in [1.807, 2.05) is 0 Å². The maximum atomic E-state index is 3.52. The first kappa shape index (κ1) is 25.5. The van der Waals surface area contributed by atoms with Crippen LogP contribution in [0.3, 0.4) is 0 Å². The van der Waals surface area contributed by atoms with Crippen LogP contribution in [0.5, 0.6) is 0 Å². The number of hydrogen-bond acceptors (Lipinski definition) is 0. The molecule has 0 fully saturated rings. The molecule has 0 aliphatic carbocycles. The lowest BCUT2D eigenvalue weighted by Crippen LogP contribution is -2.21. The molecule has 0 bridgehead atoms. The minimum atomic E-state index is 0.692. The molecule has 1 heteroatoms. The van der Waals surface area contributed by atoms with Crippen molar-refractivity contribution in [2.75, 3.05) is 5.33 Å². The van der Waals surface area contributed by atoms with Gasteiger partial charge in [-0.2, -0.15) is 0 Å². The monoisotopic (exact) mass is 416 g/mol. The molecule has 25 heavy (non-hydrogen) atoms. The van der Waals surface area contributed by atoms with Crippen molar-refractivity contribution in [3.05, 3.63) is 0 Å². The van der Waals surface area contributed by atoms with Gasteiger partial charge in [0, 0.05) is 5.33 Å². The Labute approximate surface area is 169 Å². The van der Waals surface area contributed by atoms with Crippen LogP contribution in [-0.4, -0.2) is 5.33 Å². The number of alkyl halides is 1. The van der Waals surface area contributed by atoms with Crippen LogP contribution < -0.4 is 0 Å². The third-order valence-electron chi connectivity index (χ3n) is 6.02. The zero-order valence-electron chi connectivity index (χ0n) is 18.0. The molecule has 0 heterocycles. The number of unbranched alkanes of at least 4 members (excludes halogenated alkanes) is 11. The van der Waals surface area contributed by atoms with E-state index in [9.17, 15) is 0 Å². The van der Waals surface area contributed by atoms with E-state index in [-0.39, 0.29) is 0 Å². The van der Waals surface area contributed by atoms with E-state index in [0.29, 0.717) is 5.41 Å². The minimum absolute atomic E-state index is 0.692. The molecule has 0 aliphatic rings. The molecule has 0 saturated carbocycles. The van der Waals surface area contributed by atoms with Gasteiger partial charge in [-0.15, -0.1) is 0 Å². The number of hydrogen-bond donors (Lipinski definition) is 0. The van der Waals surface area contributed by atoms with E-state index in [4.69, 9.17) is 0 Å². The van der Waals surface area contributed by atoms with E-state index in [1.54, 1.807) is 0 Å². The van der Waals surface area contributed by atoms with Gasteiger partial charge in [0.2, 0.25) is 0 Å². The van der Waals surface area contributed by atoms with Crippen molar-refractivity contribution in [1.82, 2.24) is 0 Å². The molecule has 0 aliphatic heterocycles. The van der Waals surface area contributed by atoms with Gasteiger partial charge in [-0.3, -0.25) is 0 Å². The molecular weight excluding hydrogens is 368 g/mol. The predicted molar refractivity (Wildman–Crippen MR) is 121 cm³/mol. The van der Waals surface area contributed by atoms with Crippen molar-refractivity contribution in [3.63, 3.8) is 0 Å². The van der Waals surface area contributed by atoms with Crippen molar-refractivity contribution in [1.29, 1.82) is 0 Å². The summed E-state index contributed by atoms with van der Waals surface area (Å²) in [4.78, 5) is 0. The first-order chi connectivity index (χ1) is 12.2. The molecule has 0 saturated heterocycles.